The predicted molar refractivity (Wildman–Crippen MR) is 91.5 cm³/mol. The van der Waals surface area contributed by atoms with Crippen LogP contribution in [0.5, 0.6) is 11.6 Å². The van der Waals surface area contributed by atoms with Crippen molar-refractivity contribution in [2.45, 2.75) is 25.8 Å². The first-order chi connectivity index (χ1) is 11.7. The van der Waals surface area contributed by atoms with Gasteiger partial charge in [-0.3, -0.25) is 0 Å². The molecule has 0 unspecified atom stereocenters. The smallest absolute Gasteiger partial charge is 0.219 e. The minimum Gasteiger partial charge on any atom is -0.439 e. The number of ether oxygens (including phenoxy) is 1. The Morgan fingerprint density at radius 3 is 2.75 bits per heavy atom. The molecule has 6 heteroatoms. The third kappa shape index (κ3) is 4.44. The van der Waals surface area contributed by atoms with Crippen molar-refractivity contribution in [3.05, 3.63) is 54.0 Å². The summed E-state index contributed by atoms with van der Waals surface area (Å²) in [7, 11) is 0. The molecule has 2 N–H and O–H groups in total. The molecule has 1 aliphatic rings. The van der Waals surface area contributed by atoms with E-state index >= 15 is 0 Å². The number of hydrogen-bond acceptors (Lipinski definition) is 3. The standard InChI is InChI=1S/C18H21FN4O/c19-15-5-4-6-16(11-15)24-17-8-7-14(12-21-17)13-22-18(20)23-9-2-1-3-10-23/h4-8,11-12H,1-3,9-10,13H2,(H2,20,22). The summed E-state index contributed by atoms with van der Waals surface area (Å²) in [5, 5.41) is 0. The Morgan fingerprint density at radius 1 is 1.21 bits per heavy atom. The molecule has 1 fully saturated rings. The van der Waals surface area contributed by atoms with E-state index in [4.69, 9.17) is 10.5 Å². The second kappa shape index (κ2) is 7.77. The molecule has 24 heavy (non-hydrogen) atoms. The number of rotatable bonds is 4. The SMILES string of the molecule is NC(=NCc1ccc(Oc2cccc(F)c2)nc1)N1CCCCC1. The lowest BCUT2D eigenvalue weighted by Gasteiger charge is -2.27. The second-order valence-electron chi connectivity index (χ2n) is 5.79. The van der Waals surface area contributed by atoms with Crippen LogP contribution >= 0.6 is 0 Å². The maximum atomic E-state index is 13.1. The number of guanidine groups is 1. The monoisotopic (exact) mass is 328 g/mol. The van der Waals surface area contributed by atoms with Crippen LogP contribution in [0.25, 0.3) is 0 Å². The number of pyridine rings is 1. The van der Waals surface area contributed by atoms with Crippen LogP contribution in [0.3, 0.4) is 0 Å². The van der Waals surface area contributed by atoms with Crippen molar-refractivity contribution in [3.63, 3.8) is 0 Å². The van der Waals surface area contributed by atoms with Crippen molar-refractivity contribution in [1.29, 1.82) is 0 Å². The molecule has 1 aromatic carbocycles. The molecule has 2 aromatic rings. The van der Waals surface area contributed by atoms with E-state index < -0.39 is 0 Å². The van der Waals surface area contributed by atoms with Crippen molar-refractivity contribution >= 4 is 5.96 Å². The first-order valence-corrected chi connectivity index (χ1v) is 8.14. The molecule has 126 valence electrons. The molecule has 5 nitrogen and oxygen atoms in total. The van der Waals surface area contributed by atoms with Gasteiger partial charge in [0, 0.05) is 31.4 Å². The van der Waals surface area contributed by atoms with E-state index in [0.717, 1.165) is 18.7 Å². The lowest BCUT2D eigenvalue weighted by atomic mass is 10.1. The van der Waals surface area contributed by atoms with Gasteiger partial charge in [0.15, 0.2) is 5.96 Å². The van der Waals surface area contributed by atoms with Gasteiger partial charge in [0.05, 0.1) is 6.54 Å². The maximum absolute atomic E-state index is 13.1. The minimum atomic E-state index is -0.341. The summed E-state index contributed by atoms with van der Waals surface area (Å²) in [5.74, 6) is 1.08. The summed E-state index contributed by atoms with van der Waals surface area (Å²) < 4.78 is 18.6. The molecule has 0 atom stereocenters. The van der Waals surface area contributed by atoms with E-state index in [1.54, 1.807) is 24.4 Å². The van der Waals surface area contributed by atoms with Crippen molar-refractivity contribution in [2.75, 3.05) is 13.1 Å². The third-order valence-electron chi connectivity index (χ3n) is 3.92. The molecule has 0 aliphatic carbocycles. The highest BCUT2D eigenvalue weighted by atomic mass is 19.1. The van der Waals surface area contributed by atoms with Crippen molar-refractivity contribution in [3.8, 4) is 11.6 Å². The Hall–Kier alpha value is -2.63. The van der Waals surface area contributed by atoms with Crippen molar-refractivity contribution < 1.29 is 9.13 Å². The van der Waals surface area contributed by atoms with Crippen LogP contribution in [0.2, 0.25) is 0 Å². The van der Waals surface area contributed by atoms with E-state index in [-0.39, 0.29) is 5.82 Å². The zero-order valence-electron chi connectivity index (χ0n) is 13.5. The highest BCUT2D eigenvalue weighted by Gasteiger charge is 2.11. The molecule has 0 saturated carbocycles. The zero-order valence-corrected chi connectivity index (χ0v) is 13.5. The van der Waals surface area contributed by atoms with E-state index in [9.17, 15) is 4.39 Å². The Morgan fingerprint density at radius 2 is 2.04 bits per heavy atom. The van der Waals surface area contributed by atoms with Gasteiger partial charge in [-0.05, 0) is 37.0 Å². The molecular weight excluding hydrogens is 307 g/mol. The quantitative estimate of drug-likeness (QED) is 0.691. The largest absolute Gasteiger partial charge is 0.439 e. The Bertz CT molecular complexity index is 696. The van der Waals surface area contributed by atoms with E-state index in [0.29, 0.717) is 24.1 Å². The number of nitrogens with two attached hydrogens (primary N) is 1. The number of benzene rings is 1. The third-order valence-corrected chi connectivity index (χ3v) is 3.92. The van der Waals surface area contributed by atoms with E-state index in [1.807, 2.05) is 6.07 Å². The van der Waals surface area contributed by atoms with Gasteiger partial charge in [-0.1, -0.05) is 12.1 Å². The Kier molecular flexibility index (Phi) is 5.25. The molecule has 0 amide bonds. The van der Waals surface area contributed by atoms with Crippen LogP contribution in [0.15, 0.2) is 47.6 Å². The number of aromatic nitrogens is 1. The minimum absolute atomic E-state index is 0.341. The van der Waals surface area contributed by atoms with Crippen LogP contribution in [0.1, 0.15) is 24.8 Å². The van der Waals surface area contributed by atoms with Gasteiger partial charge in [0.25, 0.3) is 0 Å². The Labute approximate surface area is 141 Å². The molecule has 0 bridgehead atoms. The number of hydrogen-bond donors (Lipinski definition) is 1. The van der Waals surface area contributed by atoms with Gasteiger partial charge in [0.2, 0.25) is 5.88 Å². The molecule has 0 spiro atoms. The molecule has 2 heterocycles. The molecule has 3 rings (SSSR count). The number of nitrogens with zero attached hydrogens (tertiary/aromatic N) is 3. The van der Waals surface area contributed by atoms with Gasteiger partial charge in [-0.15, -0.1) is 0 Å². The van der Waals surface area contributed by atoms with Crippen LogP contribution in [0, 0.1) is 5.82 Å². The first kappa shape index (κ1) is 16.2. The maximum Gasteiger partial charge on any atom is 0.219 e. The van der Waals surface area contributed by atoms with Crippen LogP contribution in [-0.4, -0.2) is 28.9 Å². The molecule has 1 saturated heterocycles. The number of likely N-dealkylation sites (tertiary alicyclic amines) is 1. The highest BCUT2D eigenvalue weighted by molar-refractivity contribution is 5.78. The van der Waals surface area contributed by atoms with Crippen molar-refractivity contribution in [2.24, 2.45) is 10.7 Å². The van der Waals surface area contributed by atoms with Crippen LogP contribution in [0.4, 0.5) is 4.39 Å². The molecular formula is C18H21FN4O. The van der Waals surface area contributed by atoms with Gasteiger partial charge in [-0.2, -0.15) is 0 Å². The van der Waals surface area contributed by atoms with Gasteiger partial charge >= 0.3 is 0 Å². The van der Waals surface area contributed by atoms with E-state index in [2.05, 4.69) is 14.9 Å². The number of aliphatic imine (C=N–C) groups is 1. The van der Waals surface area contributed by atoms with Gasteiger partial charge < -0.3 is 15.4 Å². The number of halogens is 1. The van der Waals surface area contributed by atoms with Crippen molar-refractivity contribution in [1.82, 2.24) is 9.88 Å². The summed E-state index contributed by atoms with van der Waals surface area (Å²) in [6.45, 7) is 2.44. The lowest BCUT2D eigenvalue weighted by molar-refractivity contribution is 0.338. The summed E-state index contributed by atoms with van der Waals surface area (Å²) >= 11 is 0. The summed E-state index contributed by atoms with van der Waals surface area (Å²) in [5.41, 5.74) is 6.98. The fourth-order valence-corrected chi connectivity index (χ4v) is 2.61. The molecule has 0 radical (unpaired) electrons. The topological polar surface area (TPSA) is 63.7 Å². The Balaban J connectivity index is 1.58. The summed E-state index contributed by atoms with van der Waals surface area (Å²) in [6.07, 6.45) is 5.30. The second-order valence-corrected chi connectivity index (χ2v) is 5.79. The first-order valence-electron chi connectivity index (χ1n) is 8.14. The molecule has 1 aromatic heterocycles. The average Bonchev–Trinajstić information content (AvgIpc) is 2.62. The fraction of sp³-hybridized carbons (Fsp3) is 0.333. The van der Waals surface area contributed by atoms with Crippen LogP contribution in [-0.2, 0) is 6.54 Å². The number of piperidine rings is 1. The zero-order chi connectivity index (χ0) is 16.8. The molecule has 1 aliphatic heterocycles. The average molecular weight is 328 g/mol. The van der Waals surface area contributed by atoms with Crippen LogP contribution < -0.4 is 10.5 Å². The van der Waals surface area contributed by atoms with E-state index in [1.165, 1.54) is 31.4 Å². The normalized spacial score (nSPS) is 15.4. The summed E-state index contributed by atoms with van der Waals surface area (Å²) in [4.78, 5) is 10.8. The van der Waals surface area contributed by atoms with Gasteiger partial charge in [-0.25, -0.2) is 14.4 Å². The summed E-state index contributed by atoms with van der Waals surface area (Å²) in [6, 6.07) is 9.59. The lowest BCUT2D eigenvalue weighted by Crippen LogP contribution is -2.40. The van der Waals surface area contributed by atoms with Gasteiger partial charge in [0.1, 0.15) is 11.6 Å². The highest BCUT2D eigenvalue weighted by Crippen LogP contribution is 2.20. The predicted octanol–water partition coefficient (Wildman–Crippen LogP) is 3.31. The fourth-order valence-electron chi connectivity index (χ4n) is 2.61.